The molecule has 72 valence electrons. The van der Waals surface area contributed by atoms with Gasteiger partial charge in [0.25, 0.3) is 5.69 Å². The SMILES string of the molecule is O=C1OC(Br)c2cc([N+](=O)[O-])ccc21. The van der Waals surface area contributed by atoms with Crippen LogP contribution in [0.2, 0.25) is 0 Å². The highest BCUT2D eigenvalue weighted by molar-refractivity contribution is 9.09. The number of fused-ring (bicyclic) bond motifs is 1. The Morgan fingerprint density at radius 2 is 2.21 bits per heavy atom. The van der Waals surface area contributed by atoms with Gasteiger partial charge < -0.3 is 4.74 Å². The normalized spacial score (nSPS) is 18.9. The highest BCUT2D eigenvalue weighted by Gasteiger charge is 2.30. The molecule has 0 fully saturated rings. The molecule has 0 spiro atoms. The van der Waals surface area contributed by atoms with E-state index in [4.69, 9.17) is 4.74 Å². The molecule has 0 aliphatic carbocycles. The molecular weight excluding hydrogens is 254 g/mol. The molecule has 1 aliphatic rings. The summed E-state index contributed by atoms with van der Waals surface area (Å²) in [4.78, 5) is 21.1. The summed E-state index contributed by atoms with van der Waals surface area (Å²) in [5.74, 6) is -0.461. The first-order valence-electron chi connectivity index (χ1n) is 3.73. The predicted molar refractivity (Wildman–Crippen MR) is 50.2 cm³/mol. The number of cyclic esters (lactones) is 1. The van der Waals surface area contributed by atoms with Crippen LogP contribution in [0.3, 0.4) is 0 Å². The van der Waals surface area contributed by atoms with E-state index in [1.54, 1.807) is 0 Å². The van der Waals surface area contributed by atoms with E-state index in [0.717, 1.165) is 0 Å². The highest BCUT2D eigenvalue weighted by Crippen LogP contribution is 2.36. The summed E-state index contributed by atoms with van der Waals surface area (Å²) in [5.41, 5.74) is 0.827. The highest BCUT2D eigenvalue weighted by atomic mass is 79.9. The molecule has 0 amide bonds. The van der Waals surface area contributed by atoms with Crippen LogP contribution in [0.1, 0.15) is 20.9 Å². The fourth-order valence-electron chi connectivity index (χ4n) is 1.26. The number of rotatable bonds is 1. The summed E-state index contributed by atoms with van der Waals surface area (Å²) >= 11 is 3.10. The largest absolute Gasteiger partial charge is 0.442 e. The third-order valence-electron chi connectivity index (χ3n) is 1.92. The van der Waals surface area contributed by atoms with Crippen molar-refractivity contribution >= 4 is 27.6 Å². The van der Waals surface area contributed by atoms with Crippen molar-refractivity contribution in [1.82, 2.24) is 0 Å². The molecule has 0 saturated carbocycles. The molecule has 0 N–H and O–H groups in total. The van der Waals surface area contributed by atoms with Gasteiger partial charge in [-0.3, -0.25) is 10.1 Å². The van der Waals surface area contributed by atoms with Crippen LogP contribution in [0.15, 0.2) is 18.2 Å². The van der Waals surface area contributed by atoms with Gasteiger partial charge in [-0.2, -0.15) is 0 Å². The number of ether oxygens (including phenoxy) is 1. The van der Waals surface area contributed by atoms with E-state index in [1.165, 1.54) is 18.2 Å². The summed E-state index contributed by atoms with van der Waals surface area (Å²) < 4.78 is 4.82. The van der Waals surface area contributed by atoms with Gasteiger partial charge in [0, 0.05) is 17.7 Å². The summed E-state index contributed by atoms with van der Waals surface area (Å²) in [7, 11) is 0. The topological polar surface area (TPSA) is 69.4 Å². The smallest absolute Gasteiger partial charge is 0.340 e. The number of benzene rings is 1. The van der Waals surface area contributed by atoms with E-state index < -0.39 is 15.9 Å². The third-order valence-corrected chi connectivity index (χ3v) is 2.60. The van der Waals surface area contributed by atoms with Gasteiger partial charge in [0.2, 0.25) is 0 Å². The zero-order valence-corrected chi connectivity index (χ0v) is 8.35. The average molecular weight is 258 g/mol. The van der Waals surface area contributed by atoms with E-state index in [0.29, 0.717) is 11.1 Å². The van der Waals surface area contributed by atoms with E-state index in [1.807, 2.05) is 0 Å². The monoisotopic (exact) mass is 257 g/mol. The number of non-ortho nitro benzene ring substituents is 1. The Morgan fingerprint density at radius 3 is 2.86 bits per heavy atom. The Hall–Kier alpha value is -1.43. The van der Waals surface area contributed by atoms with Gasteiger partial charge in [-0.15, -0.1) is 0 Å². The lowest BCUT2D eigenvalue weighted by Crippen LogP contribution is -1.94. The number of hydrogen-bond acceptors (Lipinski definition) is 4. The standard InChI is InChI=1S/C8H4BrNO4/c9-7-6-3-4(10(12)13)1-2-5(6)8(11)14-7/h1-3,7H. The molecule has 2 rings (SSSR count). The zero-order valence-electron chi connectivity index (χ0n) is 6.77. The second-order valence-corrected chi connectivity index (χ2v) is 3.58. The second kappa shape index (κ2) is 3.06. The number of esters is 1. The van der Waals surface area contributed by atoms with Gasteiger partial charge in [-0.25, -0.2) is 4.79 Å². The molecular formula is C8H4BrNO4. The number of hydrogen-bond donors (Lipinski definition) is 0. The average Bonchev–Trinajstić information content (AvgIpc) is 2.42. The second-order valence-electron chi connectivity index (χ2n) is 2.75. The quantitative estimate of drug-likeness (QED) is 0.335. The van der Waals surface area contributed by atoms with Crippen molar-refractivity contribution in [1.29, 1.82) is 0 Å². The van der Waals surface area contributed by atoms with Crippen LogP contribution in [-0.2, 0) is 4.74 Å². The van der Waals surface area contributed by atoms with E-state index in [2.05, 4.69) is 15.9 Å². The Bertz CT molecular complexity index is 431. The maximum Gasteiger partial charge on any atom is 0.340 e. The van der Waals surface area contributed by atoms with Crippen LogP contribution < -0.4 is 0 Å². The lowest BCUT2D eigenvalue weighted by Gasteiger charge is -1.98. The van der Waals surface area contributed by atoms with Crippen molar-refractivity contribution in [2.75, 3.05) is 0 Å². The van der Waals surface area contributed by atoms with Gasteiger partial charge in [0.05, 0.1) is 10.5 Å². The molecule has 0 radical (unpaired) electrons. The fourth-order valence-corrected chi connectivity index (χ4v) is 1.81. The summed E-state index contributed by atoms with van der Waals surface area (Å²) in [6, 6.07) is 4.02. The molecule has 5 nitrogen and oxygen atoms in total. The number of carbonyl (C=O) groups is 1. The van der Waals surface area contributed by atoms with Crippen molar-refractivity contribution in [2.24, 2.45) is 0 Å². The third kappa shape index (κ3) is 1.27. The molecule has 1 unspecified atom stereocenters. The lowest BCUT2D eigenvalue weighted by atomic mass is 10.1. The summed E-state index contributed by atoms with van der Waals surface area (Å²) in [5, 5.41) is 9.87. The van der Waals surface area contributed by atoms with Crippen LogP contribution in [-0.4, -0.2) is 10.9 Å². The number of carbonyl (C=O) groups excluding carboxylic acids is 1. The molecule has 6 heteroatoms. The molecule has 1 heterocycles. The lowest BCUT2D eigenvalue weighted by molar-refractivity contribution is -0.384. The number of nitro benzene ring substituents is 1. The number of alkyl halides is 1. The number of nitrogens with zero attached hydrogens (tertiary/aromatic N) is 1. The van der Waals surface area contributed by atoms with Crippen molar-refractivity contribution in [3.8, 4) is 0 Å². The van der Waals surface area contributed by atoms with E-state index in [-0.39, 0.29) is 5.69 Å². The molecule has 1 aromatic rings. The van der Waals surface area contributed by atoms with Crippen LogP contribution in [0, 0.1) is 10.1 Å². The molecule has 14 heavy (non-hydrogen) atoms. The van der Waals surface area contributed by atoms with Crippen molar-refractivity contribution in [3.05, 3.63) is 39.4 Å². The molecule has 1 atom stereocenters. The van der Waals surface area contributed by atoms with Gasteiger partial charge in [-0.1, -0.05) is 0 Å². The van der Waals surface area contributed by atoms with Crippen LogP contribution in [0.5, 0.6) is 0 Å². The molecule has 1 aromatic carbocycles. The minimum atomic E-state index is -0.579. The predicted octanol–water partition coefficient (Wildman–Crippen LogP) is 2.16. The Balaban J connectivity index is 2.55. The van der Waals surface area contributed by atoms with Gasteiger partial charge in [0.15, 0.2) is 5.01 Å². The minimum Gasteiger partial charge on any atom is -0.442 e. The molecule has 0 saturated heterocycles. The van der Waals surface area contributed by atoms with Crippen LogP contribution in [0.25, 0.3) is 0 Å². The van der Waals surface area contributed by atoms with Crippen molar-refractivity contribution in [2.45, 2.75) is 5.01 Å². The summed E-state index contributed by atoms with van der Waals surface area (Å²) in [6.07, 6.45) is 0. The molecule has 1 aliphatic heterocycles. The molecule has 0 bridgehead atoms. The minimum absolute atomic E-state index is 0.0495. The van der Waals surface area contributed by atoms with Crippen LogP contribution in [0.4, 0.5) is 5.69 Å². The Kier molecular flexibility index (Phi) is 1.99. The number of halogens is 1. The van der Waals surface area contributed by atoms with E-state index in [9.17, 15) is 14.9 Å². The molecule has 0 aromatic heterocycles. The fraction of sp³-hybridized carbons (Fsp3) is 0.125. The maximum absolute atomic E-state index is 11.1. The van der Waals surface area contributed by atoms with Gasteiger partial charge in [-0.05, 0) is 22.0 Å². The van der Waals surface area contributed by atoms with Crippen molar-refractivity contribution < 1.29 is 14.5 Å². The first-order chi connectivity index (χ1) is 6.59. The first kappa shape index (κ1) is 9.14. The van der Waals surface area contributed by atoms with Crippen LogP contribution >= 0.6 is 15.9 Å². The Labute approximate surface area is 87.0 Å². The zero-order chi connectivity index (χ0) is 10.3. The summed E-state index contributed by atoms with van der Waals surface area (Å²) in [6.45, 7) is 0. The van der Waals surface area contributed by atoms with Crippen molar-refractivity contribution in [3.63, 3.8) is 0 Å². The Morgan fingerprint density at radius 1 is 1.50 bits per heavy atom. The van der Waals surface area contributed by atoms with Gasteiger partial charge >= 0.3 is 5.97 Å². The maximum atomic E-state index is 11.1. The van der Waals surface area contributed by atoms with E-state index >= 15 is 0 Å². The van der Waals surface area contributed by atoms with Gasteiger partial charge in [0.1, 0.15) is 0 Å². The number of nitro groups is 1. The first-order valence-corrected chi connectivity index (χ1v) is 4.64.